The summed E-state index contributed by atoms with van der Waals surface area (Å²) in [7, 11) is 0. The van der Waals surface area contributed by atoms with Gasteiger partial charge in [0.25, 0.3) is 0 Å². The number of hydrogen-bond acceptors (Lipinski definition) is 4. The average Bonchev–Trinajstić information content (AvgIpc) is 3.35. The molecule has 4 aromatic heterocycles. The number of thiophene rings is 1. The number of aryl methyl sites for hydroxylation is 1. The van der Waals surface area contributed by atoms with Gasteiger partial charge in [-0.15, -0.1) is 11.3 Å². The third-order valence-corrected chi connectivity index (χ3v) is 7.02. The minimum atomic E-state index is 0.458. The molecule has 0 unspecified atom stereocenters. The van der Waals surface area contributed by atoms with Crippen LogP contribution in [0.3, 0.4) is 0 Å². The van der Waals surface area contributed by atoms with Crippen molar-refractivity contribution in [3.05, 3.63) is 40.7 Å². The van der Waals surface area contributed by atoms with Crippen molar-refractivity contribution in [2.24, 2.45) is 0 Å². The molecule has 5 rings (SSSR count). The van der Waals surface area contributed by atoms with Crippen LogP contribution in [0.15, 0.2) is 24.7 Å². The van der Waals surface area contributed by atoms with Crippen LogP contribution in [0.5, 0.6) is 0 Å². The summed E-state index contributed by atoms with van der Waals surface area (Å²) >= 11 is 1.99. The maximum atomic E-state index is 4.35. The van der Waals surface area contributed by atoms with Gasteiger partial charge in [-0.1, -0.05) is 13.8 Å². The molecular formula is C21H25N5S. The normalized spacial score (nSPS) is 16.1. The molecule has 27 heavy (non-hydrogen) atoms. The summed E-state index contributed by atoms with van der Waals surface area (Å²) in [6.07, 6.45) is 6.20. The first-order valence-corrected chi connectivity index (χ1v) is 10.6. The van der Waals surface area contributed by atoms with Gasteiger partial charge in [-0.2, -0.15) is 5.10 Å². The molecule has 1 fully saturated rings. The van der Waals surface area contributed by atoms with Crippen LogP contribution in [-0.2, 0) is 0 Å². The maximum absolute atomic E-state index is 4.35. The number of hydrogen-bond donors (Lipinski definition) is 2. The first-order chi connectivity index (χ1) is 13.1. The van der Waals surface area contributed by atoms with Gasteiger partial charge in [0.1, 0.15) is 6.33 Å². The molecular weight excluding hydrogens is 354 g/mol. The highest BCUT2D eigenvalue weighted by molar-refractivity contribution is 7.19. The van der Waals surface area contributed by atoms with E-state index in [9.17, 15) is 0 Å². The summed E-state index contributed by atoms with van der Waals surface area (Å²) in [5.41, 5.74) is 7.18. The molecule has 1 saturated heterocycles. The molecule has 5 nitrogen and oxygen atoms in total. The number of piperidine rings is 1. The Labute approximate surface area is 162 Å². The maximum Gasteiger partial charge on any atom is 0.158 e. The summed E-state index contributed by atoms with van der Waals surface area (Å²) in [5.74, 6) is 1.16. The Morgan fingerprint density at radius 1 is 1.22 bits per heavy atom. The lowest BCUT2D eigenvalue weighted by atomic mass is 9.96. The van der Waals surface area contributed by atoms with Gasteiger partial charge < -0.3 is 10.3 Å². The van der Waals surface area contributed by atoms with Gasteiger partial charge >= 0.3 is 0 Å². The number of pyridine rings is 1. The lowest BCUT2D eigenvalue weighted by Gasteiger charge is -2.21. The fraction of sp³-hybridized carbons (Fsp3) is 0.429. The van der Waals surface area contributed by atoms with Gasteiger partial charge in [-0.05, 0) is 68.0 Å². The van der Waals surface area contributed by atoms with Crippen molar-refractivity contribution >= 4 is 27.2 Å². The second-order valence-corrected chi connectivity index (χ2v) is 9.01. The summed E-state index contributed by atoms with van der Waals surface area (Å²) in [6.45, 7) is 8.95. The van der Waals surface area contributed by atoms with Gasteiger partial charge in [0.2, 0.25) is 0 Å². The Hall–Kier alpha value is -2.18. The second kappa shape index (κ2) is 6.46. The van der Waals surface area contributed by atoms with Crippen LogP contribution >= 0.6 is 11.3 Å². The largest absolute Gasteiger partial charge is 0.354 e. The Balaban J connectivity index is 1.65. The molecule has 140 valence electrons. The molecule has 0 bridgehead atoms. The van der Waals surface area contributed by atoms with Crippen LogP contribution in [0, 0.1) is 6.92 Å². The SMILES string of the molecule is Cc1cc(-c2[nH]c3cc(C4CCNCC4)sc3c2C(C)C)cn2ncnc12. The first-order valence-electron chi connectivity index (χ1n) is 9.78. The van der Waals surface area contributed by atoms with Crippen molar-refractivity contribution in [1.82, 2.24) is 24.9 Å². The molecule has 0 saturated carbocycles. The highest BCUT2D eigenvalue weighted by atomic mass is 32.1. The van der Waals surface area contributed by atoms with Crippen LogP contribution < -0.4 is 5.32 Å². The number of H-pyrrole nitrogens is 1. The molecule has 0 radical (unpaired) electrons. The van der Waals surface area contributed by atoms with E-state index in [1.807, 2.05) is 15.9 Å². The van der Waals surface area contributed by atoms with Crippen molar-refractivity contribution in [3.63, 3.8) is 0 Å². The second-order valence-electron chi connectivity index (χ2n) is 7.92. The molecule has 5 heterocycles. The number of rotatable bonds is 3. The van der Waals surface area contributed by atoms with Crippen LogP contribution in [-0.4, -0.2) is 32.7 Å². The fourth-order valence-corrected chi connectivity index (χ4v) is 5.82. The molecule has 0 amide bonds. The minimum absolute atomic E-state index is 0.458. The summed E-state index contributed by atoms with van der Waals surface area (Å²) in [4.78, 5) is 9.62. The molecule has 6 heteroatoms. The Morgan fingerprint density at radius 3 is 2.81 bits per heavy atom. The van der Waals surface area contributed by atoms with Gasteiger partial charge in [-0.3, -0.25) is 0 Å². The highest BCUT2D eigenvalue weighted by Gasteiger charge is 2.23. The molecule has 0 aliphatic carbocycles. The Kier molecular flexibility index (Phi) is 4.06. The lowest BCUT2D eigenvalue weighted by molar-refractivity contribution is 0.465. The summed E-state index contributed by atoms with van der Waals surface area (Å²) < 4.78 is 3.30. The van der Waals surface area contributed by atoms with Gasteiger partial charge in [0.05, 0.1) is 15.9 Å². The van der Waals surface area contributed by atoms with Crippen molar-refractivity contribution in [1.29, 1.82) is 0 Å². The lowest BCUT2D eigenvalue weighted by Crippen LogP contribution is -2.26. The van der Waals surface area contributed by atoms with Gasteiger partial charge in [0, 0.05) is 16.6 Å². The van der Waals surface area contributed by atoms with E-state index in [1.54, 1.807) is 6.33 Å². The van der Waals surface area contributed by atoms with Crippen LogP contribution in [0.25, 0.3) is 27.1 Å². The van der Waals surface area contributed by atoms with Crippen molar-refractivity contribution < 1.29 is 0 Å². The number of nitrogens with one attached hydrogen (secondary N) is 2. The molecule has 1 aliphatic rings. The van der Waals surface area contributed by atoms with E-state index in [1.165, 1.54) is 44.8 Å². The molecule has 4 aromatic rings. The van der Waals surface area contributed by atoms with Gasteiger partial charge in [0.15, 0.2) is 5.65 Å². The van der Waals surface area contributed by atoms with E-state index in [2.05, 4.69) is 59.5 Å². The number of aromatic nitrogens is 4. The zero-order valence-corrected chi connectivity index (χ0v) is 16.9. The van der Waals surface area contributed by atoms with Crippen LogP contribution in [0.2, 0.25) is 0 Å². The quantitative estimate of drug-likeness (QED) is 0.536. The van der Waals surface area contributed by atoms with E-state index in [4.69, 9.17) is 0 Å². The number of aromatic amines is 1. The fourth-order valence-electron chi connectivity index (χ4n) is 4.34. The van der Waals surface area contributed by atoms with Gasteiger partial charge in [-0.25, -0.2) is 9.50 Å². The van der Waals surface area contributed by atoms with E-state index in [0.29, 0.717) is 11.8 Å². The molecule has 2 N–H and O–H groups in total. The predicted molar refractivity (Wildman–Crippen MR) is 112 cm³/mol. The monoisotopic (exact) mass is 379 g/mol. The molecule has 0 atom stereocenters. The standard InChI is InChI=1S/C21H25N5S/c1-12(2)18-19(15-8-13(3)21-23-11-24-26(21)10-15)25-16-9-17(27-20(16)18)14-4-6-22-7-5-14/h8-12,14,22,25H,4-7H2,1-3H3. The van der Waals surface area contributed by atoms with Crippen LogP contribution in [0.1, 0.15) is 54.5 Å². The zero-order valence-electron chi connectivity index (χ0n) is 16.0. The first kappa shape index (κ1) is 17.0. The van der Waals surface area contributed by atoms with E-state index in [-0.39, 0.29) is 0 Å². The van der Waals surface area contributed by atoms with E-state index < -0.39 is 0 Å². The van der Waals surface area contributed by atoms with E-state index in [0.717, 1.165) is 24.3 Å². The topological polar surface area (TPSA) is 58.0 Å². The van der Waals surface area contributed by atoms with Crippen LogP contribution in [0.4, 0.5) is 0 Å². The number of fused-ring (bicyclic) bond motifs is 2. The zero-order chi connectivity index (χ0) is 18.5. The Morgan fingerprint density at radius 2 is 2.04 bits per heavy atom. The van der Waals surface area contributed by atoms with Crippen molar-refractivity contribution in [3.8, 4) is 11.3 Å². The third-order valence-electron chi connectivity index (χ3n) is 5.69. The van der Waals surface area contributed by atoms with Crippen molar-refractivity contribution in [2.45, 2.75) is 45.4 Å². The Bertz CT molecular complexity index is 1110. The number of nitrogens with zero attached hydrogens (tertiary/aromatic N) is 3. The molecule has 0 aromatic carbocycles. The average molecular weight is 380 g/mol. The predicted octanol–water partition coefficient (Wildman–Crippen LogP) is 4.84. The summed E-state index contributed by atoms with van der Waals surface area (Å²) in [6, 6.07) is 4.62. The third kappa shape index (κ3) is 2.78. The summed E-state index contributed by atoms with van der Waals surface area (Å²) in [5, 5.41) is 7.82. The van der Waals surface area contributed by atoms with Crippen molar-refractivity contribution in [2.75, 3.05) is 13.1 Å². The van der Waals surface area contributed by atoms with E-state index >= 15 is 0 Å². The smallest absolute Gasteiger partial charge is 0.158 e. The molecule has 0 spiro atoms. The minimum Gasteiger partial charge on any atom is -0.354 e. The highest BCUT2D eigenvalue weighted by Crippen LogP contribution is 2.43. The molecule has 1 aliphatic heterocycles.